The Morgan fingerprint density at radius 1 is 1.19 bits per heavy atom. The van der Waals surface area contributed by atoms with Crippen molar-refractivity contribution in [1.82, 2.24) is 0 Å². The first-order valence-electron chi connectivity index (χ1n) is 6.75. The van der Waals surface area contributed by atoms with Crippen molar-refractivity contribution in [1.29, 1.82) is 0 Å². The van der Waals surface area contributed by atoms with Gasteiger partial charge in [-0.2, -0.15) is 0 Å². The molecule has 0 saturated heterocycles. The van der Waals surface area contributed by atoms with Gasteiger partial charge in [0.2, 0.25) is 0 Å². The average Bonchev–Trinajstić information content (AvgIpc) is 2.69. The average molecular weight is 302 g/mol. The second-order valence-electron chi connectivity index (χ2n) is 4.85. The Balaban J connectivity index is 2.06. The highest BCUT2D eigenvalue weighted by Gasteiger charge is 2.20. The van der Waals surface area contributed by atoms with Gasteiger partial charge in [0.25, 0.3) is 0 Å². The number of hydrogen-bond acceptors (Lipinski definition) is 3. The van der Waals surface area contributed by atoms with Crippen LogP contribution in [0.25, 0.3) is 0 Å². The van der Waals surface area contributed by atoms with Crippen molar-refractivity contribution in [2.24, 2.45) is 5.73 Å². The third-order valence-corrected chi connectivity index (χ3v) is 3.70. The maximum Gasteiger partial charge on any atom is 0.147 e. The van der Waals surface area contributed by atoms with Crippen LogP contribution in [0.1, 0.15) is 12.0 Å². The molecule has 0 radical (unpaired) electrons. The monoisotopic (exact) mass is 302 g/mol. The van der Waals surface area contributed by atoms with Crippen LogP contribution in [0.4, 0.5) is 15.8 Å². The topological polar surface area (TPSA) is 38.5 Å². The summed E-state index contributed by atoms with van der Waals surface area (Å²) in [6.45, 7) is 1.32. The van der Waals surface area contributed by atoms with Crippen LogP contribution in [-0.2, 0) is 0 Å². The Kier molecular flexibility index (Phi) is 3.75. The molecule has 2 aromatic carbocycles. The van der Waals surface area contributed by atoms with Crippen LogP contribution < -0.4 is 15.4 Å². The second kappa shape index (κ2) is 5.69. The molecule has 0 fully saturated rings. The number of ether oxygens (including phenoxy) is 1. The molecule has 0 unspecified atom stereocenters. The third-order valence-electron chi connectivity index (χ3n) is 3.46. The fraction of sp³-hybridized carbons (Fsp3) is 0.188. The minimum atomic E-state index is -0.336. The lowest BCUT2D eigenvalue weighted by Crippen LogP contribution is -2.19. The fourth-order valence-electron chi connectivity index (χ4n) is 2.46. The lowest BCUT2D eigenvalue weighted by Gasteiger charge is -2.24. The standard InChI is InChI=1S/C16H15FN2OS/c17-12-10-11(16(18)21)6-7-13(12)19-8-3-9-20-15-5-2-1-4-14(15)19/h1-2,4-7,10H,3,8-9H2,(H2,18,21). The molecule has 1 aliphatic rings. The molecule has 5 heteroatoms. The number of anilines is 2. The highest BCUT2D eigenvalue weighted by Crippen LogP contribution is 2.36. The normalized spacial score (nSPS) is 14.0. The molecule has 0 aromatic heterocycles. The number of nitrogens with zero attached hydrogens (tertiary/aromatic N) is 1. The van der Waals surface area contributed by atoms with Crippen molar-refractivity contribution in [3.8, 4) is 5.75 Å². The van der Waals surface area contributed by atoms with E-state index in [4.69, 9.17) is 22.7 Å². The summed E-state index contributed by atoms with van der Waals surface area (Å²) in [6, 6.07) is 12.5. The number of rotatable bonds is 2. The van der Waals surface area contributed by atoms with Gasteiger partial charge in [0.1, 0.15) is 16.6 Å². The van der Waals surface area contributed by atoms with E-state index in [0.29, 0.717) is 24.4 Å². The van der Waals surface area contributed by atoms with Crippen LogP contribution in [0.2, 0.25) is 0 Å². The lowest BCUT2D eigenvalue weighted by atomic mass is 10.1. The number of para-hydroxylation sites is 2. The zero-order valence-corrected chi connectivity index (χ0v) is 12.2. The van der Waals surface area contributed by atoms with Gasteiger partial charge in [-0.3, -0.25) is 0 Å². The molecule has 0 amide bonds. The maximum atomic E-state index is 14.4. The Morgan fingerprint density at radius 3 is 2.76 bits per heavy atom. The zero-order valence-electron chi connectivity index (χ0n) is 11.4. The predicted molar refractivity (Wildman–Crippen MR) is 85.8 cm³/mol. The van der Waals surface area contributed by atoms with Crippen LogP contribution in [0.3, 0.4) is 0 Å². The Bertz CT molecular complexity index is 690. The zero-order chi connectivity index (χ0) is 14.8. The predicted octanol–water partition coefficient (Wildman–Crippen LogP) is 3.38. The van der Waals surface area contributed by atoms with Crippen molar-refractivity contribution in [3.63, 3.8) is 0 Å². The molecule has 2 N–H and O–H groups in total. The molecule has 0 atom stereocenters. The molecule has 3 nitrogen and oxygen atoms in total. The summed E-state index contributed by atoms with van der Waals surface area (Å²) < 4.78 is 20.1. The van der Waals surface area contributed by atoms with E-state index in [1.54, 1.807) is 12.1 Å². The molecule has 1 heterocycles. The molecule has 0 spiro atoms. The summed E-state index contributed by atoms with van der Waals surface area (Å²) in [6.07, 6.45) is 0.825. The molecule has 108 valence electrons. The third kappa shape index (κ3) is 2.69. The molecule has 0 bridgehead atoms. The first kappa shape index (κ1) is 13.8. The Labute approximate surface area is 128 Å². The summed E-state index contributed by atoms with van der Waals surface area (Å²) in [7, 11) is 0. The maximum absolute atomic E-state index is 14.4. The molecular formula is C16H15FN2OS. The highest BCUT2D eigenvalue weighted by atomic mass is 32.1. The summed E-state index contributed by atoms with van der Waals surface area (Å²) >= 11 is 4.88. The molecular weight excluding hydrogens is 287 g/mol. The minimum Gasteiger partial charge on any atom is -0.491 e. The summed E-state index contributed by atoms with van der Waals surface area (Å²) in [5, 5.41) is 0. The van der Waals surface area contributed by atoms with Crippen LogP contribution in [-0.4, -0.2) is 18.1 Å². The summed E-state index contributed by atoms with van der Waals surface area (Å²) in [5.74, 6) is 0.435. The first-order valence-corrected chi connectivity index (χ1v) is 7.16. The summed E-state index contributed by atoms with van der Waals surface area (Å²) in [4.78, 5) is 2.13. The second-order valence-corrected chi connectivity index (χ2v) is 5.29. The van der Waals surface area contributed by atoms with Gasteiger partial charge in [-0.15, -0.1) is 0 Å². The van der Waals surface area contributed by atoms with Gasteiger partial charge in [0.15, 0.2) is 0 Å². The Morgan fingerprint density at radius 2 is 2.00 bits per heavy atom. The van der Waals surface area contributed by atoms with Crippen LogP contribution in [0, 0.1) is 5.82 Å². The van der Waals surface area contributed by atoms with Gasteiger partial charge in [0.05, 0.1) is 18.0 Å². The molecule has 0 aliphatic carbocycles. The van der Waals surface area contributed by atoms with E-state index >= 15 is 0 Å². The molecule has 2 aromatic rings. The van der Waals surface area contributed by atoms with Gasteiger partial charge in [-0.25, -0.2) is 4.39 Å². The van der Waals surface area contributed by atoms with E-state index in [-0.39, 0.29) is 10.8 Å². The number of thiocarbonyl (C=S) groups is 1. The van der Waals surface area contributed by atoms with E-state index in [0.717, 1.165) is 17.9 Å². The summed E-state index contributed by atoms with van der Waals surface area (Å²) in [5.41, 5.74) is 7.46. The van der Waals surface area contributed by atoms with Crippen molar-refractivity contribution >= 4 is 28.6 Å². The smallest absolute Gasteiger partial charge is 0.147 e. The van der Waals surface area contributed by atoms with Gasteiger partial charge in [-0.1, -0.05) is 24.4 Å². The fourth-order valence-corrected chi connectivity index (χ4v) is 2.58. The van der Waals surface area contributed by atoms with Crippen LogP contribution in [0.15, 0.2) is 42.5 Å². The van der Waals surface area contributed by atoms with Gasteiger partial charge in [-0.05, 0) is 36.8 Å². The van der Waals surface area contributed by atoms with Crippen molar-refractivity contribution < 1.29 is 9.13 Å². The number of nitrogens with two attached hydrogens (primary N) is 1. The Hall–Kier alpha value is -2.14. The van der Waals surface area contributed by atoms with Crippen molar-refractivity contribution in [3.05, 3.63) is 53.8 Å². The van der Waals surface area contributed by atoms with E-state index in [1.165, 1.54) is 6.07 Å². The van der Waals surface area contributed by atoms with Crippen LogP contribution >= 0.6 is 12.2 Å². The number of halogens is 1. The van der Waals surface area contributed by atoms with E-state index in [1.807, 2.05) is 29.2 Å². The van der Waals surface area contributed by atoms with E-state index < -0.39 is 0 Å². The number of benzene rings is 2. The van der Waals surface area contributed by atoms with Crippen molar-refractivity contribution in [2.45, 2.75) is 6.42 Å². The van der Waals surface area contributed by atoms with E-state index in [9.17, 15) is 4.39 Å². The van der Waals surface area contributed by atoms with Gasteiger partial charge < -0.3 is 15.4 Å². The number of fused-ring (bicyclic) bond motifs is 1. The first-order chi connectivity index (χ1) is 10.2. The van der Waals surface area contributed by atoms with Gasteiger partial charge in [0, 0.05) is 12.1 Å². The van der Waals surface area contributed by atoms with E-state index in [2.05, 4.69) is 0 Å². The largest absolute Gasteiger partial charge is 0.491 e. The van der Waals surface area contributed by atoms with Gasteiger partial charge >= 0.3 is 0 Å². The quantitative estimate of drug-likeness (QED) is 0.863. The lowest BCUT2D eigenvalue weighted by molar-refractivity contribution is 0.322. The molecule has 3 rings (SSSR count). The SMILES string of the molecule is NC(=S)c1ccc(N2CCCOc3ccccc32)c(F)c1. The molecule has 0 saturated carbocycles. The van der Waals surface area contributed by atoms with Crippen LogP contribution in [0.5, 0.6) is 5.75 Å². The minimum absolute atomic E-state index is 0.194. The number of hydrogen-bond donors (Lipinski definition) is 1. The molecule has 21 heavy (non-hydrogen) atoms. The highest BCUT2D eigenvalue weighted by molar-refractivity contribution is 7.80. The van der Waals surface area contributed by atoms with Crippen molar-refractivity contribution in [2.75, 3.05) is 18.1 Å². The molecule has 1 aliphatic heterocycles.